The fourth-order valence-corrected chi connectivity index (χ4v) is 4.55. The Hall–Kier alpha value is -0.130. The lowest BCUT2D eigenvalue weighted by molar-refractivity contribution is 0.205. The summed E-state index contributed by atoms with van der Waals surface area (Å²) < 4.78 is 25.0. The molecule has 118 valence electrons. The fourth-order valence-electron chi connectivity index (χ4n) is 3.61. The fraction of sp³-hybridized carbons (Fsp3) is 1.00. The molecule has 5 heteroatoms. The molecule has 1 aliphatic carbocycles. The zero-order valence-corrected chi connectivity index (χ0v) is 13.8. The van der Waals surface area contributed by atoms with Crippen molar-refractivity contribution in [3.8, 4) is 0 Å². The first kappa shape index (κ1) is 16.2. The van der Waals surface area contributed by atoms with E-state index in [1.807, 2.05) is 0 Å². The SMILES string of the molecule is CCNC(CC1CCC1)CC1CCCN(S(C)(=O)=O)C1. The number of sulfonamides is 1. The normalized spacial score (nSPS) is 27.2. The molecule has 2 fully saturated rings. The predicted molar refractivity (Wildman–Crippen MR) is 83.2 cm³/mol. The molecule has 1 aliphatic heterocycles. The van der Waals surface area contributed by atoms with Crippen molar-refractivity contribution in [2.45, 2.75) is 57.9 Å². The summed E-state index contributed by atoms with van der Waals surface area (Å²) >= 11 is 0. The smallest absolute Gasteiger partial charge is 0.211 e. The van der Waals surface area contributed by atoms with Crippen molar-refractivity contribution < 1.29 is 8.42 Å². The van der Waals surface area contributed by atoms with Gasteiger partial charge in [-0.3, -0.25) is 0 Å². The van der Waals surface area contributed by atoms with E-state index in [2.05, 4.69) is 12.2 Å². The van der Waals surface area contributed by atoms with Gasteiger partial charge in [-0.2, -0.15) is 0 Å². The Bertz CT molecular complexity index is 393. The molecular weight excluding hydrogens is 272 g/mol. The Morgan fingerprint density at radius 1 is 1.15 bits per heavy atom. The van der Waals surface area contributed by atoms with Crippen LogP contribution in [0.25, 0.3) is 0 Å². The number of nitrogens with zero attached hydrogens (tertiary/aromatic N) is 1. The molecule has 0 aromatic rings. The average Bonchev–Trinajstić information content (AvgIpc) is 2.33. The molecule has 0 aromatic carbocycles. The molecule has 2 rings (SSSR count). The lowest BCUT2D eigenvalue weighted by Crippen LogP contribution is -2.42. The highest BCUT2D eigenvalue weighted by atomic mass is 32.2. The van der Waals surface area contributed by atoms with Gasteiger partial charge >= 0.3 is 0 Å². The van der Waals surface area contributed by atoms with Crippen LogP contribution in [-0.4, -0.2) is 44.7 Å². The van der Waals surface area contributed by atoms with Gasteiger partial charge in [0.05, 0.1) is 6.26 Å². The Balaban J connectivity index is 1.85. The number of rotatable bonds is 7. The molecular formula is C15H30N2O2S. The van der Waals surface area contributed by atoms with Gasteiger partial charge in [0.1, 0.15) is 0 Å². The second-order valence-electron chi connectivity index (χ2n) is 6.65. The Labute approximate surface area is 124 Å². The van der Waals surface area contributed by atoms with E-state index in [9.17, 15) is 8.42 Å². The minimum atomic E-state index is -3.01. The van der Waals surface area contributed by atoms with E-state index < -0.39 is 10.0 Å². The highest BCUT2D eigenvalue weighted by Gasteiger charge is 2.29. The van der Waals surface area contributed by atoms with E-state index in [0.717, 1.165) is 31.8 Å². The van der Waals surface area contributed by atoms with Crippen LogP contribution in [0.2, 0.25) is 0 Å². The second kappa shape index (κ2) is 7.23. The molecule has 2 aliphatic rings. The number of piperidine rings is 1. The van der Waals surface area contributed by atoms with Gasteiger partial charge in [-0.05, 0) is 44.1 Å². The largest absolute Gasteiger partial charge is 0.314 e. The maximum Gasteiger partial charge on any atom is 0.211 e. The number of hydrogen-bond donors (Lipinski definition) is 1. The summed E-state index contributed by atoms with van der Waals surface area (Å²) in [6.45, 7) is 4.62. The maximum absolute atomic E-state index is 11.7. The third-order valence-electron chi connectivity index (χ3n) is 4.90. The summed E-state index contributed by atoms with van der Waals surface area (Å²) in [6, 6.07) is 0.579. The summed E-state index contributed by atoms with van der Waals surface area (Å²) in [5.41, 5.74) is 0. The summed E-state index contributed by atoms with van der Waals surface area (Å²) in [5, 5.41) is 3.61. The first-order valence-electron chi connectivity index (χ1n) is 8.17. The van der Waals surface area contributed by atoms with Crippen LogP contribution in [0.4, 0.5) is 0 Å². The van der Waals surface area contributed by atoms with Gasteiger partial charge < -0.3 is 5.32 Å². The van der Waals surface area contributed by atoms with Crippen LogP contribution >= 0.6 is 0 Å². The molecule has 1 N–H and O–H groups in total. The van der Waals surface area contributed by atoms with Crippen LogP contribution in [0.1, 0.15) is 51.9 Å². The Kier molecular flexibility index (Phi) is 5.87. The highest BCUT2D eigenvalue weighted by Crippen LogP contribution is 2.32. The maximum atomic E-state index is 11.7. The minimum Gasteiger partial charge on any atom is -0.314 e. The summed E-state index contributed by atoms with van der Waals surface area (Å²) in [5.74, 6) is 1.44. The monoisotopic (exact) mass is 302 g/mol. The van der Waals surface area contributed by atoms with Gasteiger partial charge in [-0.15, -0.1) is 0 Å². The van der Waals surface area contributed by atoms with Crippen molar-refractivity contribution in [1.82, 2.24) is 9.62 Å². The topological polar surface area (TPSA) is 49.4 Å². The lowest BCUT2D eigenvalue weighted by atomic mass is 9.78. The molecule has 4 nitrogen and oxygen atoms in total. The zero-order valence-electron chi connectivity index (χ0n) is 13.0. The van der Waals surface area contributed by atoms with Crippen LogP contribution in [0.3, 0.4) is 0 Å². The van der Waals surface area contributed by atoms with Crippen molar-refractivity contribution in [3.63, 3.8) is 0 Å². The van der Waals surface area contributed by atoms with Crippen LogP contribution in [0.15, 0.2) is 0 Å². The van der Waals surface area contributed by atoms with Gasteiger partial charge in [0.2, 0.25) is 10.0 Å². The van der Waals surface area contributed by atoms with Crippen LogP contribution in [-0.2, 0) is 10.0 Å². The van der Waals surface area contributed by atoms with Crippen molar-refractivity contribution >= 4 is 10.0 Å². The van der Waals surface area contributed by atoms with Crippen LogP contribution in [0.5, 0.6) is 0 Å². The molecule has 1 heterocycles. The summed E-state index contributed by atoms with van der Waals surface area (Å²) in [6.07, 6.45) is 10.1. The van der Waals surface area contributed by atoms with Gasteiger partial charge in [0.25, 0.3) is 0 Å². The molecule has 1 saturated carbocycles. The molecule has 0 bridgehead atoms. The van der Waals surface area contributed by atoms with Crippen molar-refractivity contribution in [2.24, 2.45) is 11.8 Å². The molecule has 0 amide bonds. The Morgan fingerprint density at radius 2 is 1.80 bits per heavy atom. The molecule has 0 spiro atoms. The standard InChI is InChI=1S/C15H30N2O2S/c1-3-16-15(10-13-6-4-7-13)11-14-8-5-9-17(12-14)20(2,18)19/h13-16H,3-12H2,1-2H3. The van der Waals surface area contributed by atoms with Gasteiger partial charge in [-0.1, -0.05) is 26.2 Å². The van der Waals surface area contributed by atoms with Crippen molar-refractivity contribution in [3.05, 3.63) is 0 Å². The zero-order chi connectivity index (χ0) is 14.6. The van der Waals surface area contributed by atoms with E-state index in [1.165, 1.54) is 38.4 Å². The van der Waals surface area contributed by atoms with E-state index in [1.54, 1.807) is 4.31 Å². The van der Waals surface area contributed by atoms with E-state index >= 15 is 0 Å². The van der Waals surface area contributed by atoms with Crippen LogP contribution < -0.4 is 5.32 Å². The predicted octanol–water partition coefficient (Wildman–Crippen LogP) is 2.22. The third kappa shape index (κ3) is 4.71. The minimum absolute atomic E-state index is 0.530. The second-order valence-corrected chi connectivity index (χ2v) is 8.63. The Morgan fingerprint density at radius 3 is 2.35 bits per heavy atom. The van der Waals surface area contributed by atoms with Crippen LogP contribution in [0, 0.1) is 11.8 Å². The highest BCUT2D eigenvalue weighted by molar-refractivity contribution is 7.88. The lowest BCUT2D eigenvalue weighted by Gasteiger charge is -2.35. The first-order chi connectivity index (χ1) is 9.49. The first-order valence-corrected chi connectivity index (χ1v) is 10.0. The van der Waals surface area contributed by atoms with Crippen molar-refractivity contribution in [1.29, 1.82) is 0 Å². The van der Waals surface area contributed by atoms with Gasteiger partial charge in [0, 0.05) is 19.1 Å². The molecule has 20 heavy (non-hydrogen) atoms. The number of hydrogen-bond acceptors (Lipinski definition) is 3. The molecule has 1 saturated heterocycles. The van der Waals surface area contributed by atoms with Crippen molar-refractivity contribution in [2.75, 3.05) is 25.9 Å². The summed E-state index contributed by atoms with van der Waals surface area (Å²) in [7, 11) is -3.01. The average molecular weight is 302 g/mol. The van der Waals surface area contributed by atoms with E-state index in [4.69, 9.17) is 0 Å². The molecule has 2 unspecified atom stereocenters. The number of nitrogens with one attached hydrogen (secondary N) is 1. The quantitative estimate of drug-likeness (QED) is 0.784. The summed E-state index contributed by atoms with van der Waals surface area (Å²) in [4.78, 5) is 0. The molecule has 0 aromatic heterocycles. The van der Waals surface area contributed by atoms with Gasteiger partial charge in [0.15, 0.2) is 0 Å². The van der Waals surface area contributed by atoms with E-state index in [-0.39, 0.29) is 0 Å². The molecule has 2 atom stereocenters. The molecule has 0 radical (unpaired) electrons. The van der Waals surface area contributed by atoms with Gasteiger partial charge in [-0.25, -0.2) is 12.7 Å². The third-order valence-corrected chi connectivity index (χ3v) is 6.17. The van der Waals surface area contributed by atoms with E-state index in [0.29, 0.717) is 18.5 Å².